The molecule has 2 heterocycles. The van der Waals surface area contributed by atoms with Gasteiger partial charge in [0.25, 0.3) is 0 Å². The van der Waals surface area contributed by atoms with E-state index in [4.69, 9.17) is 14.2 Å². The van der Waals surface area contributed by atoms with Gasteiger partial charge in [0.2, 0.25) is 11.8 Å². The predicted molar refractivity (Wildman–Crippen MR) is 152 cm³/mol. The molecule has 220 valence electrons. The average Bonchev–Trinajstić information content (AvgIpc) is 3.26. The predicted octanol–water partition coefficient (Wildman–Crippen LogP) is 3.57. The van der Waals surface area contributed by atoms with E-state index < -0.39 is 23.7 Å². The molecule has 10 heteroatoms. The van der Waals surface area contributed by atoms with Crippen molar-refractivity contribution in [2.45, 2.75) is 63.7 Å². The number of rotatable bonds is 8. The molecule has 1 N–H and O–H groups in total. The third-order valence-electron chi connectivity index (χ3n) is 7.47. The third-order valence-corrected chi connectivity index (χ3v) is 7.47. The molecule has 1 saturated heterocycles. The van der Waals surface area contributed by atoms with Crippen LogP contribution in [0.25, 0.3) is 0 Å². The lowest BCUT2D eigenvalue weighted by atomic mass is 9.74. The summed E-state index contributed by atoms with van der Waals surface area (Å²) in [6.45, 7) is 6.90. The van der Waals surface area contributed by atoms with Gasteiger partial charge in [0, 0.05) is 30.7 Å². The lowest BCUT2D eigenvalue weighted by Gasteiger charge is -2.41. The van der Waals surface area contributed by atoms with Crippen molar-refractivity contribution in [3.05, 3.63) is 65.7 Å². The number of hydrogen-bond donors (Lipinski definition) is 1. The van der Waals surface area contributed by atoms with Crippen molar-refractivity contribution >= 4 is 29.6 Å². The second-order valence-corrected chi connectivity index (χ2v) is 11.6. The van der Waals surface area contributed by atoms with E-state index in [1.165, 1.54) is 7.11 Å². The highest BCUT2D eigenvalue weighted by Crippen LogP contribution is 2.47. The molecule has 0 aliphatic carbocycles. The third kappa shape index (κ3) is 7.43. The van der Waals surface area contributed by atoms with Crippen molar-refractivity contribution < 1.29 is 33.4 Å². The molecule has 0 bridgehead atoms. The number of alkyl carbamates (subject to hydrolysis) is 1. The fourth-order valence-electron chi connectivity index (χ4n) is 5.44. The summed E-state index contributed by atoms with van der Waals surface area (Å²) >= 11 is 0. The van der Waals surface area contributed by atoms with Crippen LogP contribution in [0, 0.1) is 0 Å². The normalized spacial score (nSPS) is 16.6. The molecular weight excluding hydrogens is 526 g/mol. The molecule has 1 atom stereocenters. The van der Waals surface area contributed by atoms with Crippen LogP contribution in [-0.4, -0.2) is 73.8 Å². The number of methoxy groups -OCH3 is 1. The van der Waals surface area contributed by atoms with Crippen LogP contribution in [0.5, 0.6) is 0 Å². The number of nitrogens with zero attached hydrogens (tertiary/aromatic N) is 2. The highest BCUT2D eigenvalue weighted by molar-refractivity contribution is 6.05. The Bertz CT molecular complexity index is 1250. The van der Waals surface area contributed by atoms with Crippen LogP contribution in [0.3, 0.4) is 0 Å². The highest BCUT2D eigenvalue weighted by Gasteiger charge is 2.47. The number of hydrogen-bond acceptors (Lipinski definition) is 7. The number of likely N-dealkylation sites (tertiary alicyclic amines) is 1. The van der Waals surface area contributed by atoms with Crippen LogP contribution >= 0.6 is 0 Å². The van der Waals surface area contributed by atoms with E-state index in [0.29, 0.717) is 39.1 Å². The number of carbonyl (C=O) groups excluding carboxylic acids is 4. The second-order valence-electron chi connectivity index (χ2n) is 11.6. The fourth-order valence-corrected chi connectivity index (χ4v) is 5.44. The summed E-state index contributed by atoms with van der Waals surface area (Å²) in [6.07, 6.45) is 0.243. The molecule has 2 aromatic rings. The highest BCUT2D eigenvalue weighted by atomic mass is 16.6. The smallest absolute Gasteiger partial charge is 0.408 e. The van der Waals surface area contributed by atoms with Gasteiger partial charge in [-0.2, -0.15) is 0 Å². The largest absolute Gasteiger partial charge is 0.469 e. The van der Waals surface area contributed by atoms with Crippen molar-refractivity contribution in [1.82, 2.24) is 10.2 Å². The number of nitrogens with one attached hydrogen (secondary N) is 1. The van der Waals surface area contributed by atoms with Gasteiger partial charge in [-0.3, -0.25) is 14.4 Å². The Kier molecular flexibility index (Phi) is 9.32. The minimum absolute atomic E-state index is 0.00669. The van der Waals surface area contributed by atoms with Crippen molar-refractivity contribution in [2.75, 3.05) is 38.3 Å². The van der Waals surface area contributed by atoms with Gasteiger partial charge in [-0.15, -0.1) is 0 Å². The molecule has 0 aromatic heterocycles. The Morgan fingerprint density at radius 1 is 0.976 bits per heavy atom. The summed E-state index contributed by atoms with van der Waals surface area (Å²) in [5, 5.41) is 2.71. The molecule has 2 aliphatic rings. The number of para-hydroxylation sites is 1. The van der Waals surface area contributed by atoms with Crippen LogP contribution in [0.15, 0.2) is 54.6 Å². The summed E-state index contributed by atoms with van der Waals surface area (Å²) in [6, 6.07) is 16.4. The summed E-state index contributed by atoms with van der Waals surface area (Å²) in [4.78, 5) is 54.4. The topological polar surface area (TPSA) is 114 Å². The first-order valence-electron chi connectivity index (χ1n) is 13.9. The van der Waals surface area contributed by atoms with Crippen LogP contribution in [0.4, 0.5) is 10.5 Å². The lowest BCUT2D eigenvalue weighted by Crippen LogP contribution is -2.55. The number of fused-ring (bicyclic) bond motifs is 2. The minimum Gasteiger partial charge on any atom is -0.469 e. The van der Waals surface area contributed by atoms with Gasteiger partial charge >= 0.3 is 12.1 Å². The Labute approximate surface area is 240 Å². The Hall–Kier alpha value is -3.92. The van der Waals surface area contributed by atoms with Gasteiger partial charge in [-0.05, 0) is 50.8 Å². The number of piperidine rings is 1. The zero-order valence-corrected chi connectivity index (χ0v) is 24.2. The van der Waals surface area contributed by atoms with Gasteiger partial charge in [0.05, 0.1) is 20.3 Å². The van der Waals surface area contributed by atoms with E-state index in [1.807, 2.05) is 54.6 Å². The fraction of sp³-hybridized carbons (Fsp3) is 0.484. The maximum atomic E-state index is 13.7. The number of carbonyl (C=O) groups is 4. The molecule has 41 heavy (non-hydrogen) atoms. The van der Waals surface area contributed by atoms with E-state index in [-0.39, 0.29) is 30.3 Å². The molecule has 0 radical (unpaired) electrons. The monoisotopic (exact) mass is 565 g/mol. The number of anilines is 1. The Morgan fingerprint density at radius 3 is 2.29 bits per heavy atom. The Morgan fingerprint density at radius 2 is 1.63 bits per heavy atom. The number of esters is 1. The van der Waals surface area contributed by atoms with E-state index in [2.05, 4.69) is 5.32 Å². The summed E-state index contributed by atoms with van der Waals surface area (Å²) in [5.74, 6) is -1.13. The van der Waals surface area contributed by atoms with Crippen LogP contribution in [0.1, 0.15) is 51.2 Å². The number of ether oxygens (including phenoxy) is 3. The molecule has 4 rings (SSSR count). The number of amides is 3. The standard InChI is InChI=1S/C31H39N3O7/c1-30(2,3)41-29(38)32-24(20-40-19-22-10-6-5-7-11-22)28(37)33-16-14-31(15-17-33)21-34(26(35)18-27(36)39-4)25-13-9-8-12-23(25)31/h5-13,24H,14-21H2,1-4H3,(H,32,38)/t24-/m1/s1. The SMILES string of the molecule is COC(=O)CC(=O)N1CC2(CCN(C(=O)[C@@H](COCc3ccccc3)NC(=O)OC(C)(C)C)CC2)c2ccccc21. The molecule has 2 aliphatic heterocycles. The van der Waals surface area contributed by atoms with Crippen molar-refractivity contribution in [1.29, 1.82) is 0 Å². The zero-order valence-electron chi connectivity index (χ0n) is 24.2. The molecule has 3 amide bonds. The van der Waals surface area contributed by atoms with Crippen LogP contribution in [0.2, 0.25) is 0 Å². The van der Waals surface area contributed by atoms with Crippen LogP contribution in [-0.2, 0) is 40.6 Å². The maximum absolute atomic E-state index is 13.7. The van der Waals surface area contributed by atoms with Gasteiger partial charge < -0.3 is 29.3 Å². The van der Waals surface area contributed by atoms with Crippen molar-refractivity contribution in [3.63, 3.8) is 0 Å². The first kappa shape index (κ1) is 30.0. The maximum Gasteiger partial charge on any atom is 0.408 e. The lowest BCUT2D eigenvalue weighted by molar-refractivity contribution is -0.143. The van der Waals surface area contributed by atoms with E-state index in [0.717, 1.165) is 16.8 Å². The van der Waals surface area contributed by atoms with Gasteiger partial charge in [-0.1, -0.05) is 48.5 Å². The molecule has 1 fully saturated rings. The van der Waals surface area contributed by atoms with E-state index in [1.54, 1.807) is 30.6 Å². The van der Waals surface area contributed by atoms with Crippen molar-refractivity contribution in [3.8, 4) is 0 Å². The Balaban J connectivity index is 1.44. The molecule has 1 spiro atoms. The average molecular weight is 566 g/mol. The van der Waals surface area contributed by atoms with Gasteiger partial charge in [0.1, 0.15) is 18.1 Å². The quantitative estimate of drug-likeness (QED) is 0.385. The minimum atomic E-state index is -0.920. The van der Waals surface area contributed by atoms with Gasteiger partial charge in [0.15, 0.2) is 0 Å². The molecular formula is C31H39N3O7. The molecule has 0 saturated carbocycles. The summed E-state index contributed by atoms with van der Waals surface area (Å²) < 4.78 is 16.0. The molecule has 2 aromatic carbocycles. The number of benzene rings is 2. The van der Waals surface area contributed by atoms with E-state index in [9.17, 15) is 19.2 Å². The van der Waals surface area contributed by atoms with E-state index >= 15 is 0 Å². The zero-order chi connectivity index (χ0) is 29.6. The first-order valence-corrected chi connectivity index (χ1v) is 13.9. The summed E-state index contributed by atoms with van der Waals surface area (Å²) in [7, 11) is 1.26. The summed E-state index contributed by atoms with van der Waals surface area (Å²) in [5.41, 5.74) is 1.74. The molecule has 0 unspecified atom stereocenters. The van der Waals surface area contributed by atoms with Crippen LogP contribution < -0.4 is 10.2 Å². The van der Waals surface area contributed by atoms with Crippen molar-refractivity contribution in [2.24, 2.45) is 0 Å². The van der Waals surface area contributed by atoms with Gasteiger partial charge in [-0.25, -0.2) is 4.79 Å². The first-order chi connectivity index (χ1) is 19.5. The second kappa shape index (κ2) is 12.7. The molecule has 10 nitrogen and oxygen atoms in total.